The van der Waals surface area contributed by atoms with Crippen LogP contribution in [-0.4, -0.2) is 18.6 Å². The van der Waals surface area contributed by atoms with Gasteiger partial charge in [0.15, 0.2) is 11.7 Å². The highest BCUT2D eigenvalue weighted by atomic mass is 35.5. The van der Waals surface area contributed by atoms with E-state index in [-0.39, 0.29) is 0 Å². The molecule has 2 rings (SSSR count). The van der Waals surface area contributed by atoms with Gasteiger partial charge < -0.3 is 14.9 Å². The van der Waals surface area contributed by atoms with Gasteiger partial charge in [0.1, 0.15) is 5.75 Å². The van der Waals surface area contributed by atoms with Crippen molar-refractivity contribution in [3.8, 4) is 17.1 Å². The van der Waals surface area contributed by atoms with Gasteiger partial charge in [-0.2, -0.15) is 0 Å². The zero-order chi connectivity index (χ0) is 13.0. The lowest BCUT2D eigenvalue weighted by molar-refractivity contribution is 0.415. The van der Waals surface area contributed by atoms with Crippen LogP contribution in [0.25, 0.3) is 11.3 Å². The maximum atomic E-state index is 6.07. The molecular weight excluding hydrogens is 252 g/mol. The number of rotatable bonds is 5. The summed E-state index contributed by atoms with van der Waals surface area (Å²) >= 11 is 6.07. The Morgan fingerprint density at radius 1 is 1.44 bits per heavy atom. The van der Waals surface area contributed by atoms with Crippen LogP contribution in [0.4, 0.5) is 0 Å². The minimum absolute atomic E-state index is 0.551. The lowest BCUT2D eigenvalue weighted by Crippen LogP contribution is -2.00. The minimum Gasteiger partial charge on any atom is -0.495 e. The van der Waals surface area contributed by atoms with E-state index >= 15 is 0 Å². The van der Waals surface area contributed by atoms with E-state index < -0.39 is 0 Å². The second-order valence-corrected chi connectivity index (χ2v) is 4.27. The molecule has 2 N–H and O–H groups in total. The fourth-order valence-electron chi connectivity index (χ4n) is 1.63. The molecule has 1 aromatic heterocycles. The van der Waals surface area contributed by atoms with Crippen molar-refractivity contribution >= 4 is 11.6 Å². The number of aromatic nitrogens is 1. The topological polar surface area (TPSA) is 61.3 Å². The number of aryl methyl sites for hydroxylation is 1. The van der Waals surface area contributed by atoms with Crippen molar-refractivity contribution < 1.29 is 9.15 Å². The number of methoxy groups -OCH3 is 1. The molecule has 0 aliphatic heterocycles. The Morgan fingerprint density at radius 2 is 2.28 bits per heavy atom. The monoisotopic (exact) mass is 266 g/mol. The van der Waals surface area contributed by atoms with Crippen LogP contribution in [-0.2, 0) is 6.42 Å². The number of oxazole rings is 1. The van der Waals surface area contributed by atoms with Gasteiger partial charge in [-0.05, 0) is 31.2 Å². The molecule has 4 nitrogen and oxygen atoms in total. The summed E-state index contributed by atoms with van der Waals surface area (Å²) in [6.07, 6.45) is 3.31. The number of nitrogens with zero attached hydrogens (tertiary/aromatic N) is 1. The standard InChI is InChI=1S/C13H15ClN2O2/c1-17-11-5-4-9(7-10(11)14)12-8-16-13(18-12)3-2-6-15/h4-5,7-8H,2-3,6,15H2,1H3. The molecule has 1 aromatic carbocycles. The van der Waals surface area contributed by atoms with Crippen LogP contribution >= 0.6 is 11.6 Å². The summed E-state index contributed by atoms with van der Waals surface area (Å²) < 4.78 is 10.7. The molecular formula is C13H15ClN2O2. The SMILES string of the molecule is COc1ccc(-c2cnc(CCCN)o2)cc1Cl. The van der Waals surface area contributed by atoms with Crippen molar-refractivity contribution in [2.45, 2.75) is 12.8 Å². The number of nitrogens with two attached hydrogens (primary N) is 1. The molecule has 0 radical (unpaired) electrons. The van der Waals surface area contributed by atoms with E-state index in [9.17, 15) is 0 Å². The van der Waals surface area contributed by atoms with Crippen molar-refractivity contribution in [1.29, 1.82) is 0 Å². The number of hydrogen-bond donors (Lipinski definition) is 1. The van der Waals surface area contributed by atoms with Gasteiger partial charge in [-0.25, -0.2) is 4.98 Å². The first kappa shape index (κ1) is 12.9. The second kappa shape index (κ2) is 5.89. The number of ether oxygens (including phenoxy) is 1. The largest absolute Gasteiger partial charge is 0.495 e. The number of halogens is 1. The summed E-state index contributed by atoms with van der Waals surface area (Å²) in [5.74, 6) is 2.04. The van der Waals surface area contributed by atoms with Crippen LogP contribution in [0.5, 0.6) is 5.75 Å². The molecule has 0 amide bonds. The summed E-state index contributed by atoms with van der Waals surface area (Å²) in [4.78, 5) is 4.21. The predicted molar refractivity (Wildman–Crippen MR) is 70.9 cm³/mol. The van der Waals surface area contributed by atoms with E-state index in [0.29, 0.717) is 29.0 Å². The van der Waals surface area contributed by atoms with Gasteiger partial charge in [0, 0.05) is 12.0 Å². The smallest absolute Gasteiger partial charge is 0.194 e. The zero-order valence-corrected chi connectivity index (χ0v) is 10.9. The molecule has 18 heavy (non-hydrogen) atoms. The molecule has 96 valence electrons. The number of benzene rings is 1. The summed E-state index contributed by atoms with van der Waals surface area (Å²) in [5, 5.41) is 0.551. The van der Waals surface area contributed by atoms with Crippen molar-refractivity contribution in [2.24, 2.45) is 5.73 Å². The fourth-order valence-corrected chi connectivity index (χ4v) is 1.89. The highest BCUT2D eigenvalue weighted by Crippen LogP contribution is 2.30. The van der Waals surface area contributed by atoms with Crippen LogP contribution in [0.15, 0.2) is 28.8 Å². The van der Waals surface area contributed by atoms with E-state index in [1.165, 1.54) is 0 Å². The molecule has 0 atom stereocenters. The molecule has 1 heterocycles. The zero-order valence-electron chi connectivity index (χ0n) is 10.1. The lowest BCUT2D eigenvalue weighted by atomic mass is 10.2. The van der Waals surface area contributed by atoms with Crippen LogP contribution in [0, 0.1) is 0 Å². The highest BCUT2D eigenvalue weighted by molar-refractivity contribution is 6.32. The minimum atomic E-state index is 0.551. The van der Waals surface area contributed by atoms with E-state index in [4.69, 9.17) is 26.5 Å². The maximum absolute atomic E-state index is 6.07. The molecule has 0 saturated heterocycles. The second-order valence-electron chi connectivity index (χ2n) is 3.86. The molecule has 0 bridgehead atoms. The Kier molecular flexibility index (Phi) is 4.23. The van der Waals surface area contributed by atoms with Gasteiger partial charge in [0.2, 0.25) is 0 Å². The normalized spacial score (nSPS) is 10.6. The molecule has 0 unspecified atom stereocenters. The highest BCUT2D eigenvalue weighted by Gasteiger charge is 2.08. The fraction of sp³-hybridized carbons (Fsp3) is 0.308. The van der Waals surface area contributed by atoms with Crippen molar-refractivity contribution in [3.05, 3.63) is 35.3 Å². The van der Waals surface area contributed by atoms with E-state index in [1.807, 2.05) is 6.07 Å². The Bertz CT molecular complexity index is 525. The first-order valence-electron chi connectivity index (χ1n) is 5.73. The quantitative estimate of drug-likeness (QED) is 0.904. The third-order valence-electron chi connectivity index (χ3n) is 2.58. The Hall–Kier alpha value is -1.52. The van der Waals surface area contributed by atoms with Gasteiger partial charge in [0.25, 0.3) is 0 Å². The first-order chi connectivity index (χ1) is 8.74. The predicted octanol–water partition coefficient (Wildman–Crippen LogP) is 2.89. The van der Waals surface area contributed by atoms with Crippen molar-refractivity contribution in [2.75, 3.05) is 13.7 Å². The summed E-state index contributed by atoms with van der Waals surface area (Å²) in [6.45, 7) is 0.631. The summed E-state index contributed by atoms with van der Waals surface area (Å²) in [5.41, 5.74) is 6.33. The van der Waals surface area contributed by atoms with Crippen LogP contribution in [0.2, 0.25) is 5.02 Å². The third-order valence-corrected chi connectivity index (χ3v) is 2.88. The Labute approximate surface area is 111 Å². The van der Waals surface area contributed by atoms with Gasteiger partial charge in [-0.3, -0.25) is 0 Å². The third kappa shape index (κ3) is 2.83. The lowest BCUT2D eigenvalue weighted by Gasteiger charge is -2.03. The number of hydrogen-bond acceptors (Lipinski definition) is 4. The van der Waals surface area contributed by atoms with E-state index in [1.54, 1.807) is 25.4 Å². The van der Waals surface area contributed by atoms with Gasteiger partial charge in [-0.15, -0.1) is 0 Å². The maximum Gasteiger partial charge on any atom is 0.194 e. The van der Waals surface area contributed by atoms with Gasteiger partial charge in [-0.1, -0.05) is 11.6 Å². The summed E-state index contributed by atoms with van der Waals surface area (Å²) in [7, 11) is 1.58. The molecule has 0 fully saturated rings. The van der Waals surface area contributed by atoms with Gasteiger partial charge >= 0.3 is 0 Å². The van der Waals surface area contributed by atoms with Crippen molar-refractivity contribution in [1.82, 2.24) is 4.98 Å². The first-order valence-corrected chi connectivity index (χ1v) is 6.11. The molecule has 0 aliphatic carbocycles. The summed E-state index contributed by atoms with van der Waals surface area (Å²) in [6, 6.07) is 5.49. The van der Waals surface area contributed by atoms with Crippen LogP contribution < -0.4 is 10.5 Å². The van der Waals surface area contributed by atoms with Gasteiger partial charge in [0.05, 0.1) is 18.3 Å². The molecule has 0 saturated carbocycles. The average molecular weight is 267 g/mol. The molecule has 0 aliphatic rings. The van der Waals surface area contributed by atoms with Crippen LogP contribution in [0.3, 0.4) is 0 Å². The Balaban J connectivity index is 2.20. The van der Waals surface area contributed by atoms with E-state index in [2.05, 4.69) is 4.98 Å². The Morgan fingerprint density at radius 3 is 2.94 bits per heavy atom. The van der Waals surface area contributed by atoms with Crippen molar-refractivity contribution in [3.63, 3.8) is 0 Å². The molecule has 0 spiro atoms. The van der Waals surface area contributed by atoms with Crippen LogP contribution in [0.1, 0.15) is 12.3 Å². The van der Waals surface area contributed by atoms with E-state index in [0.717, 1.165) is 18.4 Å². The molecule has 5 heteroatoms. The average Bonchev–Trinajstić information content (AvgIpc) is 2.85. The molecule has 2 aromatic rings.